The Morgan fingerprint density at radius 1 is 1.10 bits per heavy atom. The summed E-state index contributed by atoms with van der Waals surface area (Å²) in [4.78, 5) is 40.9. The summed E-state index contributed by atoms with van der Waals surface area (Å²) in [6, 6.07) is 5.35. The van der Waals surface area contributed by atoms with E-state index in [2.05, 4.69) is 13.5 Å². The van der Waals surface area contributed by atoms with Gasteiger partial charge in [-0.3, -0.25) is 14.4 Å². The Hall–Kier alpha value is -3.06. The molecule has 212 valence electrons. The van der Waals surface area contributed by atoms with Crippen molar-refractivity contribution >= 4 is 27.4 Å². The molecule has 5 rings (SSSR count). The Bertz CT molecular complexity index is 1600. The van der Waals surface area contributed by atoms with E-state index in [0.29, 0.717) is 41.5 Å². The number of benzene rings is 2. The predicted molar refractivity (Wildman–Crippen MR) is 154 cm³/mol. The zero-order chi connectivity index (χ0) is 29.4. The average molecular weight is 563 g/mol. The van der Waals surface area contributed by atoms with Crippen LogP contribution in [0.5, 0.6) is 0 Å². The van der Waals surface area contributed by atoms with Crippen molar-refractivity contribution in [1.82, 2.24) is 0 Å². The third kappa shape index (κ3) is 4.11. The molecule has 1 saturated carbocycles. The molecule has 1 heterocycles. The number of carbonyl (C=O) groups is 3. The molecule has 40 heavy (non-hydrogen) atoms. The molecule has 7 heteroatoms. The van der Waals surface area contributed by atoms with E-state index in [4.69, 9.17) is 0 Å². The molecule has 0 bridgehead atoms. The highest BCUT2D eigenvalue weighted by Crippen LogP contribution is 2.54. The molecule has 2 aliphatic carbocycles. The van der Waals surface area contributed by atoms with Gasteiger partial charge in [0.05, 0.1) is 16.1 Å². The minimum Gasteiger partial charge on any atom is -0.481 e. The quantitative estimate of drug-likeness (QED) is 0.357. The third-order valence-corrected chi connectivity index (χ3v) is 11.9. The molecule has 0 unspecified atom stereocenters. The SMILES string of the molecule is C=C[C@@]1(C)CCC[C@@](C)(C(=O)O)[C@@H]1CCc1cc(C(C)C)cc2c1C(=O)c1cc(C)c3c(c1C2=O)CCS3(=O)=O. The van der Waals surface area contributed by atoms with Crippen LogP contribution in [-0.2, 0) is 27.5 Å². The first-order valence-electron chi connectivity index (χ1n) is 14.2. The number of hydrogen-bond acceptors (Lipinski definition) is 5. The van der Waals surface area contributed by atoms with Crippen molar-refractivity contribution in [3.8, 4) is 0 Å². The summed E-state index contributed by atoms with van der Waals surface area (Å²) in [6.07, 6.45) is 5.35. The summed E-state index contributed by atoms with van der Waals surface area (Å²) < 4.78 is 25.5. The van der Waals surface area contributed by atoms with Crippen LogP contribution in [-0.4, -0.2) is 36.8 Å². The maximum absolute atomic E-state index is 14.1. The van der Waals surface area contributed by atoms with Gasteiger partial charge in [0.2, 0.25) is 0 Å². The van der Waals surface area contributed by atoms with Crippen LogP contribution in [0.15, 0.2) is 35.7 Å². The zero-order valence-electron chi connectivity index (χ0n) is 24.0. The van der Waals surface area contributed by atoms with E-state index in [1.807, 2.05) is 32.9 Å². The Morgan fingerprint density at radius 2 is 1.75 bits per heavy atom. The Morgan fingerprint density at radius 3 is 2.38 bits per heavy atom. The van der Waals surface area contributed by atoms with Gasteiger partial charge in [-0.15, -0.1) is 6.58 Å². The van der Waals surface area contributed by atoms with Crippen LogP contribution >= 0.6 is 0 Å². The standard InChI is InChI=1S/C33H38O6S/c1-7-32(5)12-8-13-33(6,31(36)37)25(32)10-9-20-16-21(18(2)3)17-24-26(20)28(34)23-15-19(4)30-22(27(23)29(24)35)11-14-40(30,38)39/h7,15-18,25H,1,8-14H2,2-6H3,(H,36,37)/t25-,32+,33-/m1/s1. The van der Waals surface area contributed by atoms with Gasteiger partial charge in [-0.25, -0.2) is 8.42 Å². The lowest BCUT2D eigenvalue weighted by molar-refractivity contribution is -0.158. The molecule has 0 amide bonds. The van der Waals surface area contributed by atoms with Crippen molar-refractivity contribution in [2.75, 3.05) is 5.75 Å². The van der Waals surface area contributed by atoms with Gasteiger partial charge in [-0.05, 0) is 97.6 Å². The molecule has 0 radical (unpaired) electrons. The predicted octanol–water partition coefficient (Wildman–Crippen LogP) is 6.24. The number of ketones is 2. The van der Waals surface area contributed by atoms with Gasteiger partial charge in [0.1, 0.15) is 0 Å². The number of allylic oxidation sites excluding steroid dienone is 1. The number of aliphatic carboxylic acids is 1. The smallest absolute Gasteiger partial charge is 0.309 e. The maximum atomic E-state index is 14.1. The second kappa shape index (κ2) is 9.51. The maximum Gasteiger partial charge on any atom is 0.309 e. The molecule has 3 atom stereocenters. The van der Waals surface area contributed by atoms with Gasteiger partial charge < -0.3 is 5.11 Å². The summed E-state index contributed by atoms with van der Waals surface area (Å²) in [7, 11) is -3.49. The number of aryl methyl sites for hydroxylation is 2. The third-order valence-electron chi connectivity index (χ3n) is 9.98. The number of carboxylic acid groups (broad SMARTS) is 1. The minimum absolute atomic E-state index is 0.0585. The van der Waals surface area contributed by atoms with Crippen molar-refractivity contribution in [1.29, 1.82) is 0 Å². The van der Waals surface area contributed by atoms with E-state index in [1.54, 1.807) is 19.1 Å². The number of rotatable bonds is 6. The van der Waals surface area contributed by atoms with E-state index < -0.39 is 21.2 Å². The van der Waals surface area contributed by atoms with Crippen molar-refractivity contribution in [3.05, 3.63) is 75.4 Å². The molecule has 2 aromatic rings. The average Bonchev–Trinajstić information content (AvgIpc) is 3.21. The summed E-state index contributed by atoms with van der Waals surface area (Å²) >= 11 is 0. The molecule has 0 saturated heterocycles. The van der Waals surface area contributed by atoms with Gasteiger partial charge in [-0.1, -0.05) is 39.3 Å². The van der Waals surface area contributed by atoms with Crippen LogP contribution in [0.3, 0.4) is 0 Å². The summed E-state index contributed by atoms with van der Waals surface area (Å²) in [6.45, 7) is 13.7. The normalized spacial score (nSPS) is 26.8. The molecule has 1 fully saturated rings. The van der Waals surface area contributed by atoms with E-state index in [9.17, 15) is 27.9 Å². The van der Waals surface area contributed by atoms with Crippen molar-refractivity contribution in [3.63, 3.8) is 0 Å². The number of hydrogen-bond donors (Lipinski definition) is 1. The van der Waals surface area contributed by atoms with E-state index in [1.165, 1.54) is 0 Å². The van der Waals surface area contributed by atoms with Crippen LogP contribution in [0.4, 0.5) is 0 Å². The van der Waals surface area contributed by atoms with Crippen LogP contribution in [0.1, 0.15) is 113 Å². The van der Waals surface area contributed by atoms with Gasteiger partial charge in [0.25, 0.3) is 0 Å². The molecular weight excluding hydrogens is 524 g/mol. The van der Waals surface area contributed by atoms with E-state index in [0.717, 1.165) is 24.0 Å². The first kappa shape index (κ1) is 28.5. The van der Waals surface area contributed by atoms with E-state index >= 15 is 0 Å². The lowest BCUT2D eigenvalue weighted by Gasteiger charge is -2.49. The van der Waals surface area contributed by atoms with Crippen LogP contribution in [0, 0.1) is 23.7 Å². The molecule has 1 N–H and O–H groups in total. The summed E-state index contributed by atoms with van der Waals surface area (Å²) in [5.74, 6) is -1.54. The van der Waals surface area contributed by atoms with Crippen LogP contribution in [0.25, 0.3) is 0 Å². The van der Waals surface area contributed by atoms with Crippen molar-refractivity contribution in [2.45, 2.75) is 84.0 Å². The number of carboxylic acids is 1. The van der Waals surface area contributed by atoms with E-state index in [-0.39, 0.29) is 57.0 Å². The molecule has 1 aliphatic heterocycles. The Kier molecular flexibility index (Phi) is 6.77. The Balaban J connectivity index is 1.64. The first-order valence-corrected chi connectivity index (χ1v) is 15.8. The number of carbonyl (C=O) groups excluding carboxylic acids is 2. The van der Waals surface area contributed by atoms with Gasteiger partial charge >= 0.3 is 5.97 Å². The van der Waals surface area contributed by atoms with Crippen LogP contribution < -0.4 is 0 Å². The van der Waals surface area contributed by atoms with Gasteiger partial charge in [-0.2, -0.15) is 0 Å². The molecule has 0 aromatic heterocycles. The first-order chi connectivity index (χ1) is 18.7. The number of fused-ring (bicyclic) bond motifs is 4. The second-order valence-electron chi connectivity index (χ2n) is 12.8. The van der Waals surface area contributed by atoms with Crippen molar-refractivity contribution < 1.29 is 27.9 Å². The lowest BCUT2D eigenvalue weighted by Crippen LogP contribution is -2.47. The molecule has 6 nitrogen and oxygen atoms in total. The second-order valence-corrected chi connectivity index (χ2v) is 14.8. The minimum atomic E-state index is -3.49. The highest BCUT2D eigenvalue weighted by Gasteiger charge is 2.51. The van der Waals surface area contributed by atoms with Crippen LogP contribution in [0.2, 0.25) is 0 Å². The fraction of sp³-hybridized carbons (Fsp3) is 0.485. The monoisotopic (exact) mass is 562 g/mol. The summed E-state index contributed by atoms with van der Waals surface area (Å²) in [5, 5.41) is 10.3. The van der Waals surface area contributed by atoms with Gasteiger partial charge in [0, 0.05) is 22.3 Å². The molecular formula is C33H38O6S. The highest BCUT2D eigenvalue weighted by molar-refractivity contribution is 7.91. The topological polar surface area (TPSA) is 106 Å². The Labute approximate surface area is 236 Å². The molecule has 0 spiro atoms. The van der Waals surface area contributed by atoms with Gasteiger partial charge in [0.15, 0.2) is 21.4 Å². The lowest BCUT2D eigenvalue weighted by atomic mass is 9.54. The fourth-order valence-corrected chi connectivity index (χ4v) is 9.46. The van der Waals surface area contributed by atoms with Crippen molar-refractivity contribution in [2.24, 2.45) is 16.7 Å². The largest absolute Gasteiger partial charge is 0.481 e. The molecule has 2 aromatic carbocycles. The summed E-state index contributed by atoms with van der Waals surface area (Å²) in [5.41, 5.74) is 2.55. The molecule has 3 aliphatic rings. The fourth-order valence-electron chi connectivity index (χ4n) is 7.65. The zero-order valence-corrected chi connectivity index (χ0v) is 24.8. The number of sulfone groups is 1. The highest BCUT2D eigenvalue weighted by atomic mass is 32.2.